The SMILES string of the molecule is O=C(Nc1ccccn1)C1CC1.O=C(O)N1CCC(F)(F)CC1. The van der Waals surface area contributed by atoms with E-state index in [0.29, 0.717) is 5.82 Å². The van der Waals surface area contributed by atoms with E-state index in [2.05, 4.69) is 10.3 Å². The first kappa shape index (κ1) is 17.1. The Balaban J connectivity index is 0.000000168. The van der Waals surface area contributed by atoms with E-state index in [0.717, 1.165) is 17.7 Å². The van der Waals surface area contributed by atoms with Crippen molar-refractivity contribution in [3.8, 4) is 0 Å². The molecule has 1 aromatic rings. The molecule has 1 aliphatic carbocycles. The van der Waals surface area contributed by atoms with Gasteiger partial charge in [-0.15, -0.1) is 0 Å². The number of carboxylic acid groups (broad SMARTS) is 1. The number of carbonyl (C=O) groups is 2. The van der Waals surface area contributed by atoms with Crippen LogP contribution in [0.1, 0.15) is 25.7 Å². The van der Waals surface area contributed by atoms with E-state index in [4.69, 9.17) is 5.11 Å². The largest absolute Gasteiger partial charge is 0.465 e. The molecule has 1 saturated carbocycles. The number of anilines is 1. The van der Waals surface area contributed by atoms with Crippen LogP contribution < -0.4 is 5.32 Å². The topological polar surface area (TPSA) is 82.5 Å². The van der Waals surface area contributed by atoms with Crippen molar-refractivity contribution in [2.24, 2.45) is 5.92 Å². The monoisotopic (exact) mass is 327 g/mol. The van der Waals surface area contributed by atoms with Gasteiger partial charge < -0.3 is 15.3 Å². The summed E-state index contributed by atoms with van der Waals surface area (Å²) >= 11 is 0. The Morgan fingerprint density at radius 1 is 1.26 bits per heavy atom. The number of halogens is 2. The second-order valence-corrected chi connectivity index (χ2v) is 5.60. The van der Waals surface area contributed by atoms with Gasteiger partial charge in [0.25, 0.3) is 5.92 Å². The molecular formula is C15H19F2N3O3. The fraction of sp³-hybridized carbons (Fsp3) is 0.533. The van der Waals surface area contributed by atoms with Gasteiger partial charge in [0.2, 0.25) is 5.91 Å². The molecule has 0 radical (unpaired) electrons. The van der Waals surface area contributed by atoms with E-state index in [1.165, 1.54) is 0 Å². The summed E-state index contributed by atoms with van der Waals surface area (Å²) in [6.07, 6.45) is 1.92. The third kappa shape index (κ3) is 5.80. The van der Waals surface area contributed by atoms with Crippen LogP contribution in [0.4, 0.5) is 19.4 Å². The second-order valence-electron chi connectivity index (χ2n) is 5.60. The molecule has 0 aromatic carbocycles. The summed E-state index contributed by atoms with van der Waals surface area (Å²) in [4.78, 5) is 26.5. The number of pyridine rings is 1. The van der Waals surface area contributed by atoms with E-state index >= 15 is 0 Å². The normalized spacial score (nSPS) is 19.3. The number of piperidine rings is 1. The maximum atomic E-state index is 12.4. The van der Waals surface area contributed by atoms with Gasteiger partial charge in [-0.25, -0.2) is 18.6 Å². The minimum Gasteiger partial charge on any atom is -0.465 e. The highest BCUT2D eigenvalue weighted by Crippen LogP contribution is 2.29. The van der Waals surface area contributed by atoms with Gasteiger partial charge in [0, 0.05) is 38.0 Å². The van der Waals surface area contributed by atoms with Gasteiger partial charge in [0.1, 0.15) is 5.82 Å². The molecule has 2 N–H and O–H groups in total. The lowest BCUT2D eigenvalue weighted by molar-refractivity contribution is -0.117. The number of amides is 2. The third-order valence-corrected chi connectivity index (χ3v) is 3.63. The van der Waals surface area contributed by atoms with Crippen LogP contribution in [-0.4, -0.2) is 46.0 Å². The van der Waals surface area contributed by atoms with Gasteiger partial charge >= 0.3 is 6.09 Å². The molecule has 23 heavy (non-hydrogen) atoms. The smallest absolute Gasteiger partial charge is 0.407 e. The Morgan fingerprint density at radius 3 is 2.39 bits per heavy atom. The highest BCUT2D eigenvalue weighted by atomic mass is 19.3. The summed E-state index contributed by atoms with van der Waals surface area (Å²) in [5, 5.41) is 11.1. The van der Waals surface area contributed by atoms with E-state index in [9.17, 15) is 18.4 Å². The van der Waals surface area contributed by atoms with Gasteiger partial charge in [0.15, 0.2) is 0 Å². The second kappa shape index (κ2) is 7.34. The highest BCUT2D eigenvalue weighted by molar-refractivity contribution is 5.93. The minimum atomic E-state index is -2.66. The molecule has 0 spiro atoms. The summed E-state index contributed by atoms with van der Waals surface area (Å²) in [6.45, 7) is -0.106. The lowest BCUT2D eigenvalue weighted by atomic mass is 10.1. The molecular weight excluding hydrogens is 308 g/mol. The Kier molecular flexibility index (Phi) is 5.46. The first-order valence-corrected chi connectivity index (χ1v) is 7.45. The predicted octanol–water partition coefficient (Wildman–Crippen LogP) is 2.83. The number of rotatable bonds is 2. The van der Waals surface area contributed by atoms with Crippen molar-refractivity contribution >= 4 is 17.8 Å². The van der Waals surface area contributed by atoms with Crippen molar-refractivity contribution < 1.29 is 23.5 Å². The van der Waals surface area contributed by atoms with E-state index in [1.807, 2.05) is 12.1 Å². The van der Waals surface area contributed by atoms with Crippen LogP contribution in [0.15, 0.2) is 24.4 Å². The molecule has 2 amide bonds. The van der Waals surface area contributed by atoms with Gasteiger partial charge in [-0.05, 0) is 25.0 Å². The van der Waals surface area contributed by atoms with Crippen LogP contribution in [0.2, 0.25) is 0 Å². The van der Waals surface area contributed by atoms with E-state index in [-0.39, 0.29) is 37.8 Å². The average molecular weight is 327 g/mol. The van der Waals surface area contributed by atoms with Gasteiger partial charge in [-0.2, -0.15) is 0 Å². The van der Waals surface area contributed by atoms with Crippen molar-refractivity contribution in [2.75, 3.05) is 18.4 Å². The maximum Gasteiger partial charge on any atom is 0.407 e. The lowest BCUT2D eigenvalue weighted by Crippen LogP contribution is -2.41. The Labute approximate surface area is 132 Å². The maximum absolute atomic E-state index is 12.4. The quantitative estimate of drug-likeness (QED) is 0.875. The summed E-state index contributed by atoms with van der Waals surface area (Å²) < 4.78 is 24.8. The van der Waals surface area contributed by atoms with Gasteiger partial charge in [-0.1, -0.05) is 6.07 Å². The van der Waals surface area contributed by atoms with Crippen LogP contribution in [0.3, 0.4) is 0 Å². The molecule has 3 rings (SSSR count). The number of likely N-dealkylation sites (tertiary alicyclic amines) is 1. The number of hydrogen-bond acceptors (Lipinski definition) is 3. The molecule has 0 atom stereocenters. The first-order chi connectivity index (χ1) is 10.9. The minimum absolute atomic E-state index is 0.0532. The van der Waals surface area contributed by atoms with Crippen LogP contribution in [0, 0.1) is 5.92 Å². The van der Waals surface area contributed by atoms with Crippen LogP contribution in [0.25, 0.3) is 0 Å². The molecule has 1 aromatic heterocycles. The molecule has 0 bridgehead atoms. The zero-order chi connectivity index (χ0) is 16.9. The fourth-order valence-electron chi connectivity index (χ4n) is 2.04. The van der Waals surface area contributed by atoms with Gasteiger partial charge in [-0.3, -0.25) is 4.79 Å². The molecule has 2 fully saturated rings. The van der Waals surface area contributed by atoms with Crippen molar-refractivity contribution in [1.82, 2.24) is 9.88 Å². The average Bonchev–Trinajstić information content (AvgIpc) is 3.33. The number of aromatic nitrogens is 1. The number of nitrogens with zero attached hydrogens (tertiary/aromatic N) is 2. The Bertz CT molecular complexity index is 540. The number of carbonyl (C=O) groups excluding carboxylic acids is 1. The molecule has 6 nitrogen and oxygen atoms in total. The Hall–Kier alpha value is -2.25. The zero-order valence-electron chi connectivity index (χ0n) is 12.5. The Morgan fingerprint density at radius 2 is 1.91 bits per heavy atom. The molecule has 8 heteroatoms. The molecule has 1 saturated heterocycles. The predicted molar refractivity (Wildman–Crippen MR) is 79.4 cm³/mol. The van der Waals surface area contributed by atoms with E-state index < -0.39 is 12.0 Å². The van der Waals surface area contributed by atoms with E-state index in [1.54, 1.807) is 12.3 Å². The third-order valence-electron chi connectivity index (χ3n) is 3.63. The highest BCUT2D eigenvalue weighted by Gasteiger charge is 2.35. The standard InChI is InChI=1S/C9H10N2O.C6H9F2NO2/c12-9(7-4-5-7)11-8-3-1-2-6-10-8;7-6(8)1-3-9(4-2-6)5(10)11/h1-3,6-7H,4-5H2,(H,10,11,12);1-4H2,(H,10,11). The van der Waals surface area contributed by atoms with Gasteiger partial charge in [0.05, 0.1) is 0 Å². The summed E-state index contributed by atoms with van der Waals surface area (Å²) in [5.74, 6) is -1.67. The summed E-state index contributed by atoms with van der Waals surface area (Å²) in [5.41, 5.74) is 0. The number of hydrogen-bond donors (Lipinski definition) is 2. The van der Waals surface area contributed by atoms with Crippen molar-refractivity contribution in [3.05, 3.63) is 24.4 Å². The number of alkyl halides is 2. The zero-order valence-corrected chi connectivity index (χ0v) is 12.5. The van der Waals surface area contributed by atoms with Crippen molar-refractivity contribution in [3.63, 3.8) is 0 Å². The van der Waals surface area contributed by atoms with Crippen LogP contribution in [-0.2, 0) is 4.79 Å². The van der Waals surface area contributed by atoms with Crippen molar-refractivity contribution in [1.29, 1.82) is 0 Å². The number of nitrogens with one attached hydrogen (secondary N) is 1. The fourth-order valence-corrected chi connectivity index (χ4v) is 2.04. The molecule has 0 unspecified atom stereocenters. The lowest BCUT2D eigenvalue weighted by Gasteiger charge is -2.29. The summed E-state index contributed by atoms with van der Waals surface area (Å²) in [6, 6.07) is 5.47. The first-order valence-electron chi connectivity index (χ1n) is 7.45. The van der Waals surface area contributed by atoms with Crippen LogP contribution >= 0.6 is 0 Å². The summed E-state index contributed by atoms with van der Waals surface area (Å²) in [7, 11) is 0. The van der Waals surface area contributed by atoms with Crippen LogP contribution in [0.5, 0.6) is 0 Å². The molecule has 2 aliphatic rings. The molecule has 126 valence electrons. The van der Waals surface area contributed by atoms with Crippen molar-refractivity contribution in [2.45, 2.75) is 31.6 Å². The molecule has 1 aliphatic heterocycles. The molecule has 2 heterocycles.